The minimum atomic E-state index is -0.493. The zero-order valence-corrected chi connectivity index (χ0v) is 16.9. The molecule has 0 unspecified atom stereocenters. The maximum Gasteiger partial charge on any atom is 0.260 e. The summed E-state index contributed by atoms with van der Waals surface area (Å²) in [5, 5.41) is 9.37. The number of piperidine rings is 1. The number of ketones is 1. The quantitative estimate of drug-likeness (QED) is 0.374. The van der Waals surface area contributed by atoms with Crippen LogP contribution in [0.15, 0.2) is 46.6 Å². The summed E-state index contributed by atoms with van der Waals surface area (Å²) in [6.07, 6.45) is 6.05. The molecule has 7 heteroatoms. The topological polar surface area (TPSA) is 92.8 Å². The highest BCUT2D eigenvalue weighted by atomic mass is 16.5. The molecule has 30 heavy (non-hydrogen) atoms. The van der Waals surface area contributed by atoms with Crippen molar-refractivity contribution in [1.82, 2.24) is 4.90 Å². The minimum Gasteiger partial charge on any atom is -0.490 e. The molecule has 1 aromatic heterocycles. The first kappa shape index (κ1) is 21.2. The van der Waals surface area contributed by atoms with Crippen LogP contribution in [-0.4, -0.2) is 42.9 Å². The molecule has 2 aromatic rings. The smallest absolute Gasteiger partial charge is 0.260 e. The summed E-state index contributed by atoms with van der Waals surface area (Å²) in [5.41, 5.74) is 0.547. The molecule has 0 saturated carbocycles. The number of likely N-dealkylation sites (tertiary alicyclic amines) is 1. The number of nitriles is 1. The molecule has 0 N–H and O–H groups in total. The van der Waals surface area contributed by atoms with Gasteiger partial charge in [0.15, 0.2) is 23.9 Å². The maximum atomic E-state index is 12.4. The van der Waals surface area contributed by atoms with Gasteiger partial charge in [-0.05, 0) is 62.1 Å². The molecule has 1 aromatic carbocycles. The number of rotatable bonds is 8. The second-order valence-electron chi connectivity index (χ2n) is 6.85. The summed E-state index contributed by atoms with van der Waals surface area (Å²) in [7, 11) is 0. The molecule has 0 aliphatic carbocycles. The molecular formula is C23H24N2O5. The van der Waals surface area contributed by atoms with E-state index in [9.17, 15) is 14.9 Å². The van der Waals surface area contributed by atoms with Crippen molar-refractivity contribution in [3.05, 3.63) is 53.5 Å². The number of hydrogen-bond donors (Lipinski definition) is 0. The number of amides is 1. The average molecular weight is 408 g/mol. The lowest BCUT2D eigenvalue weighted by atomic mass is 10.1. The molecule has 1 saturated heterocycles. The highest BCUT2D eigenvalue weighted by Gasteiger charge is 2.18. The van der Waals surface area contributed by atoms with E-state index in [-0.39, 0.29) is 23.8 Å². The van der Waals surface area contributed by atoms with Gasteiger partial charge in [-0.3, -0.25) is 9.59 Å². The van der Waals surface area contributed by atoms with E-state index in [2.05, 4.69) is 0 Å². The van der Waals surface area contributed by atoms with Gasteiger partial charge in [0, 0.05) is 13.1 Å². The zero-order valence-electron chi connectivity index (χ0n) is 16.9. The third-order valence-corrected chi connectivity index (χ3v) is 4.75. The third kappa shape index (κ3) is 5.29. The Morgan fingerprint density at radius 1 is 1.17 bits per heavy atom. The zero-order chi connectivity index (χ0) is 21.3. The number of hydrogen-bond acceptors (Lipinski definition) is 6. The van der Waals surface area contributed by atoms with E-state index in [4.69, 9.17) is 13.9 Å². The Balaban J connectivity index is 1.74. The predicted molar refractivity (Wildman–Crippen MR) is 110 cm³/mol. The molecule has 156 valence electrons. The van der Waals surface area contributed by atoms with Gasteiger partial charge in [0.2, 0.25) is 5.78 Å². The van der Waals surface area contributed by atoms with Crippen LogP contribution in [-0.2, 0) is 4.79 Å². The Hall–Kier alpha value is -3.53. The highest BCUT2D eigenvalue weighted by Crippen LogP contribution is 2.30. The molecule has 7 nitrogen and oxygen atoms in total. The summed E-state index contributed by atoms with van der Waals surface area (Å²) in [6, 6.07) is 10.1. The lowest BCUT2D eigenvalue weighted by Gasteiger charge is -2.26. The molecule has 0 radical (unpaired) electrons. The molecule has 3 rings (SSSR count). The average Bonchev–Trinajstić information content (AvgIpc) is 3.32. The minimum absolute atomic E-state index is 0.0445. The number of carbonyl (C=O) groups is 2. The van der Waals surface area contributed by atoms with Gasteiger partial charge < -0.3 is 18.8 Å². The molecule has 1 aliphatic heterocycles. The monoisotopic (exact) mass is 408 g/mol. The normalized spacial score (nSPS) is 14.1. The Morgan fingerprint density at radius 2 is 1.97 bits per heavy atom. The van der Waals surface area contributed by atoms with Crippen LogP contribution in [0, 0.1) is 11.3 Å². The molecule has 0 atom stereocenters. The Kier molecular flexibility index (Phi) is 7.28. The van der Waals surface area contributed by atoms with E-state index >= 15 is 0 Å². The van der Waals surface area contributed by atoms with E-state index in [0.717, 1.165) is 32.4 Å². The van der Waals surface area contributed by atoms with Crippen LogP contribution in [0.1, 0.15) is 42.3 Å². The van der Waals surface area contributed by atoms with Gasteiger partial charge in [-0.15, -0.1) is 0 Å². The van der Waals surface area contributed by atoms with Gasteiger partial charge in [0.05, 0.1) is 12.9 Å². The molecule has 1 fully saturated rings. The number of allylic oxidation sites excluding steroid dienone is 1. The van der Waals surface area contributed by atoms with Gasteiger partial charge in [-0.25, -0.2) is 0 Å². The number of benzene rings is 1. The standard InChI is InChI=1S/C23H24N2O5/c1-2-28-21-14-17(13-18(15-24)23(27)20-7-6-12-29-20)8-9-19(21)30-16-22(26)25-10-4-3-5-11-25/h6-9,12-14H,2-5,10-11,16H2,1H3/b18-13+. The molecule has 0 bridgehead atoms. The van der Waals surface area contributed by atoms with Crippen LogP contribution >= 0.6 is 0 Å². The van der Waals surface area contributed by atoms with Crippen molar-refractivity contribution >= 4 is 17.8 Å². The first-order chi connectivity index (χ1) is 14.6. The summed E-state index contributed by atoms with van der Waals surface area (Å²) >= 11 is 0. The number of nitrogens with zero attached hydrogens (tertiary/aromatic N) is 2. The fourth-order valence-electron chi connectivity index (χ4n) is 3.23. The lowest BCUT2D eigenvalue weighted by molar-refractivity contribution is -0.134. The molecule has 1 aliphatic rings. The molecular weight excluding hydrogens is 384 g/mol. The van der Waals surface area contributed by atoms with Crippen LogP contribution in [0.4, 0.5) is 0 Å². The molecule has 1 amide bonds. The van der Waals surface area contributed by atoms with Crippen molar-refractivity contribution in [3.63, 3.8) is 0 Å². The van der Waals surface area contributed by atoms with Crippen LogP contribution in [0.5, 0.6) is 11.5 Å². The summed E-state index contributed by atoms with van der Waals surface area (Å²) in [5.74, 6) is 0.449. The summed E-state index contributed by atoms with van der Waals surface area (Å²) in [6.45, 7) is 3.72. The number of furan rings is 1. The summed E-state index contributed by atoms with van der Waals surface area (Å²) in [4.78, 5) is 26.5. The van der Waals surface area contributed by atoms with Crippen LogP contribution < -0.4 is 9.47 Å². The number of ether oxygens (including phenoxy) is 2. The Morgan fingerprint density at radius 3 is 2.63 bits per heavy atom. The van der Waals surface area contributed by atoms with Crippen molar-refractivity contribution in [1.29, 1.82) is 5.26 Å². The fourth-order valence-corrected chi connectivity index (χ4v) is 3.23. The SMILES string of the molecule is CCOc1cc(/C=C(\C#N)C(=O)c2ccco2)ccc1OCC(=O)N1CCCCC1. The van der Waals surface area contributed by atoms with E-state index in [0.29, 0.717) is 23.7 Å². The highest BCUT2D eigenvalue weighted by molar-refractivity contribution is 6.12. The fraction of sp³-hybridized carbons (Fsp3) is 0.348. The van der Waals surface area contributed by atoms with Gasteiger partial charge in [-0.2, -0.15) is 5.26 Å². The first-order valence-corrected chi connectivity index (χ1v) is 9.99. The third-order valence-electron chi connectivity index (χ3n) is 4.75. The van der Waals surface area contributed by atoms with Gasteiger partial charge in [0.1, 0.15) is 11.6 Å². The largest absolute Gasteiger partial charge is 0.490 e. The predicted octanol–water partition coefficient (Wildman–Crippen LogP) is 3.86. The summed E-state index contributed by atoms with van der Waals surface area (Å²) < 4.78 is 16.4. The van der Waals surface area contributed by atoms with Crippen LogP contribution in [0.3, 0.4) is 0 Å². The first-order valence-electron chi connectivity index (χ1n) is 9.99. The maximum absolute atomic E-state index is 12.4. The van der Waals surface area contributed by atoms with Crippen molar-refractivity contribution in [2.45, 2.75) is 26.2 Å². The van der Waals surface area contributed by atoms with E-state index in [1.807, 2.05) is 17.9 Å². The second kappa shape index (κ2) is 10.3. The van der Waals surface area contributed by atoms with Gasteiger partial charge in [-0.1, -0.05) is 6.07 Å². The second-order valence-corrected chi connectivity index (χ2v) is 6.85. The van der Waals surface area contributed by atoms with Crippen molar-refractivity contribution in [2.24, 2.45) is 0 Å². The Labute approximate surface area is 175 Å². The number of carbonyl (C=O) groups excluding carboxylic acids is 2. The van der Waals surface area contributed by atoms with Crippen LogP contribution in [0.2, 0.25) is 0 Å². The van der Waals surface area contributed by atoms with Gasteiger partial charge >= 0.3 is 0 Å². The van der Waals surface area contributed by atoms with Crippen molar-refractivity contribution in [3.8, 4) is 17.6 Å². The Bertz CT molecular complexity index is 950. The molecule has 2 heterocycles. The van der Waals surface area contributed by atoms with Crippen molar-refractivity contribution < 1.29 is 23.5 Å². The van der Waals surface area contributed by atoms with Gasteiger partial charge in [0.25, 0.3) is 5.91 Å². The van der Waals surface area contributed by atoms with E-state index in [1.165, 1.54) is 18.4 Å². The van der Waals surface area contributed by atoms with Crippen LogP contribution in [0.25, 0.3) is 6.08 Å². The lowest BCUT2D eigenvalue weighted by Crippen LogP contribution is -2.38. The molecule has 0 spiro atoms. The van der Waals surface area contributed by atoms with E-state index < -0.39 is 5.78 Å². The van der Waals surface area contributed by atoms with E-state index in [1.54, 1.807) is 24.3 Å². The number of Topliss-reactive ketones (excluding diaryl/α,β-unsaturated/α-hetero) is 1. The van der Waals surface area contributed by atoms with Crippen molar-refractivity contribution in [2.75, 3.05) is 26.3 Å².